The summed E-state index contributed by atoms with van der Waals surface area (Å²) in [6.07, 6.45) is 0. The normalized spacial score (nSPS) is 9.70. The van der Waals surface area contributed by atoms with Gasteiger partial charge in [-0.3, -0.25) is 0 Å². The van der Waals surface area contributed by atoms with Gasteiger partial charge in [-0.05, 0) is 17.7 Å². The largest absolute Gasteiger partial charge is 0.508 e. The highest BCUT2D eigenvalue weighted by atomic mass is 32.1. The Morgan fingerprint density at radius 3 is 2.10 bits per heavy atom. The van der Waals surface area contributed by atoms with Gasteiger partial charge in [-0.1, -0.05) is 12.2 Å². The smallest absolute Gasteiger partial charge is 0.123 e. The molecule has 0 fully saturated rings. The quantitative estimate of drug-likeness (QED) is 0.593. The Labute approximate surface area is 119 Å². The zero-order valence-corrected chi connectivity index (χ0v) is 10.8. The second-order valence-corrected chi connectivity index (χ2v) is 4.36. The van der Waals surface area contributed by atoms with Crippen LogP contribution in [-0.4, -0.2) is 15.2 Å². The van der Waals surface area contributed by atoms with Gasteiger partial charge in [0.1, 0.15) is 39.7 Å². The number of phenols is 2. The van der Waals surface area contributed by atoms with Crippen LogP contribution in [0.25, 0.3) is 11.1 Å². The number of aromatic nitrogens is 1. The van der Waals surface area contributed by atoms with Gasteiger partial charge in [0.05, 0.1) is 5.56 Å². The first-order valence-corrected chi connectivity index (χ1v) is 5.78. The maximum atomic E-state index is 9.53. The van der Waals surface area contributed by atoms with E-state index in [0.717, 1.165) is 6.07 Å². The molecule has 0 aliphatic heterocycles. The summed E-state index contributed by atoms with van der Waals surface area (Å²) in [4.78, 5) is 2.57. The average Bonchev–Trinajstić information content (AvgIpc) is 2.36. The lowest BCUT2D eigenvalue weighted by atomic mass is 9.96. The van der Waals surface area contributed by atoms with E-state index in [1.54, 1.807) is 0 Å². The summed E-state index contributed by atoms with van der Waals surface area (Å²) < 4.78 is 0.0850. The Bertz CT molecular complexity index is 823. The number of hydrogen-bond acceptors (Lipinski definition) is 6. The van der Waals surface area contributed by atoms with Crippen molar-refractivity contribution >= 4 is 18.0 Å². The summed E-state index contributed by atoms with van der Waals surface area (Å²) >= 11 is 5.01. The molecular formula is C13H8N4O2S. The molecule has 0 aliphatic carbocycles. The van der Waals surface area contributed by atoms with Gasteiger partial charge in [0.25, 0.3) is 0 Å². The molecule has 6 nitrogen and oxygen atoms in total. The molecule has 2 rings (SSSR count). The maximum absolute atomic E-state index is 9.53. The average molecular weight is 284 g/mol. The zero-order valence-electron chi connectivity index (χ0n) is 10.0. The summed E-state index contributed by atoms with van der Waals surface area (Å²) in [6, 6.07) is 7.54. The topological polar surface area (TPSA) is 130 Å². The van der Waals surface area contributed by atoms with Crippen molar-refractivity contribution < 1.29 is 10.2 Å². The van der Waals surface area contributed by atoms with E-state index in [0.29, 0.717) is 0 Å². The predicted octanol–water partition coefficient (Wildman–Crippen LogP) is 2.15. The number of rotatable bonds is 1. The summed E-state index contributed by atoms with van der Waals surface area (Å²) in [5.41, 5.74) is 6.23. The van der Waals surface area contributed by atoms with E-state index in [1.165, 1.54) is 12.1 Å². The van der Waals surface area contributed by atoms with E-state index in [4.69, 9.17) is 18.0 Å². The third-order valence-electron chi connectivity index (χ3n) is 2.66. The first-order chi connectivity index (χ1) is 9.47. The summed E-state index contributed by atoms with van der Waals surface area (Å²) in [6.45, 7) is 0. The molecule has 1 aromatic carbocycles. The number of anilines is 1. The SMILES string of the molecule is N#Cc1c(N)[nH]c(=S)c(C#N)c1-c1cc(O)cc(O)c1. The molecule has 2 aromatic rings. The number of H-pyrrole nitrogens is 1. The monoisotopic (exact) mass is 284 g/mol. The van der Waals surface area contributed by atoms with Crippen LogP contribution in [0.15, 0.2) is 18.2 Å². The third kappa shape index (κ3) is 2.14. The Morgan fingerprint density at radius 2 is 1.60 bits per heavy atom. The van der Waals surface area contributed by atoms with Crippen LogP contribution in [0.4, 0.5) is 5.82 Å². The Hall–Kier alpha value is -3.03. The molecule has 0 atom stereocenters. The molecule has 5 N–H and O–H groups in total. The highest BCUT2D eigenvalue weighted by Crippen LogP contribution is 2.34. The number of nitrogens with zero attached hydrogens (tertiary/aromatic N) is 2. The van der Waals surface area contributed by atoms with E-state index in [1.807, 2.05) is 12.1 Å². The fraction of sp³-hybridized carbons (Fsp3) is 0. The molecule has 0 bridgehead atoms. The van der Waals surface area contributed by atoms with E-state index >= 15 is 0 Å². The molecule has 7 heteroatoms. The van der Waals surface area contributed by atoms with Gasteiger partial charge in [-0.15, -0.1) is 0 Å². The number of nitriles is 2. The van der Waals surface area contributed by atoms with E-state index < -0.39 is 0 Å². The number of benzene rings is 1. The number of pyridine rings is 1. The van der Waals surface area contributed by atoms with Gasteiger partial charge >= 0.3 is 0 Å². The van der Waals surface area contributed by atoms with Crippen LogP contribution in [-0.2, 0) is 0 Å². The number of nitrogens with one attached hydrogen (secondary N) is 1. The molecule has 20 heavy (non-hydrogen) atoms. The van der Waals surface area contributed by atoms with Gasteiger partial charge < -0.3 is 20.9 Å². The number of phenolic OH excluding ortho intramolecular Hbond substituents is 2. The lowest BCUT2D eigenvalue weighted by Gasteiger charge is -2.10. The zero-order chi connectivity index (χ0) is 14.9. The highest BCUT2D eigenvalue weighted by molar-refractivity contribution is 7.71. The van der Waals surface area contributed by atoms with Crippen molar-refractivity contribution in [1.29, 1.82) is 10.5 Å². The molecule has 0 saturated heterocycles. The number of nitrogen functional groups attached to an aromatic ring is 1. The van der Waals surface area contributed by atoms with Gasteiger partial charge in [0, 0.05) is 11.6 Å². The van der Waals surface area contributed by atoms with Crippen LogP contribution in [0.3, 0.4) is 0 Å². The van der Waals surface area contributed by atoms with Crippen molar-refractivity contribution in [3.8, 4) is 34.8 Å². The minimum Gasteiger partial charge on any atom is -0.508 e. The van der Waals surface area contributed by atoms with Crippen molar-refractivity contribution in [2.75, 3.05) is 5.73 Å². The van der Waals surface area contributed by atoms with E-state index in [-0.39, 0.29) is 44.2 Å². The van der Waals surface area contributed by atoms with Crippen LogP contribution >= 0.6 is 12.2 Å². The number of aromatic amines is 1. The summed E-state index contributed by atoms with van der Waals surface area (Å²) in [7, 11) is 0. The van der Waals surface area contributed by atoms with Gasteiger partial charge in [0.15, 0.2) is 0 Å². The molecule has 1 aromatic heterocycles. The number of hydrogen-bond donors (Lipinski definition) is 4. The standard InChI is InChI=1S/C13H8N4O2S/c14-4-9-11(6-1-7(18)3-8(19)2-6)10(5-15)13(20)17-12(9)16/h1-3,18-19H,(H3,16,17,20). The van der Waals surface area contributed by atoms with Gasteiger partial charge in [0.2, 0.25) is 0 Å². The number of nitrogens with two attached hydrogens (primary N) is 1. The fourth-order valence-corrected chi connectivity index (χ4v) is 2.13. The Kier molecular flexibility index (Phi) is 3.30. The van der Waals surface area contributed by atoms with Crippen molar-refractivity contribution in [2.45, 2.75) is 0 Å². The van der Waals surface area contributed by atoms with Crippen LogP contribution in [0, 0.1) is 27.3 Å². The maximum Gasteiger partial charge on any atom is 0.123 e. The highest BCUT2D eigenvalue weighted by Gasteiger charge is 2.17. The molecule has 0 saturated carbocycles. The summed E-state index contributed by atoms with van der Waals surface area (Å²) in [5, 5.41) is 37.4. The van der Waals surface area contributed by atoms with Gasteiger partial charge in [-0.2, -0.15) is 10.5 Å². The molecule has 0 unspecified atom stereocenters. The molecule has 1 heterocycles. The first kappa shape index (κ1) is 13.4. The first-order valence-electron chi connectivity index (χ1n) is 5.37. The van der Waals surface area contributed by atoms with Crippen molar-refractivity contribution in [3.05, 3.63) is 34.0 Å². The molecule has 98 valence electrons. The van der Waals surface area contributed by atoms with Crippen LogP contribution in [0.2, 0.25) is 0 Å². The molecule has 0 radical (unpaired) electrons. The Morgan fingerprint density at radius 1 is 1.05 bits per heavy atom. The lowest BCUT2D eigenvalue weighted by molar-refractivity contribution is 0.451. The van der Waals surface area contributed by atoms with Crippen LogP contribution < -0.4 is 5.73 Å². The van der Waals surface area contributed by atoms with Crippen molar-refractivity contribution in [1.82, 2.24) is 4.98 Å². The van der Waals surface area contributed by atoms with E-state index in [9.17, 15) is 20.7 Å². The fourth-order valence-electron chi connectivity index (χ4n) is 1.87. The molecule has 0 amide bonds. The lowest BCUT2D eigenvalue weighted by Crippen LogP contribution is -2.01. The van der Waals surface area contributed by atoms with Crippen molar-refractivity contribution in [3.63, 3.8) is 0 Å². The predicted molar refractivity (Wildman–Crippen MR) is 74.2 cm³/mol. The second kappa shape index (κ2) is 4.92. The minimum absolute atomic E-state index is 0.0225. The third-order valence-corrected chi connectivity index (χ3v) is 2.97. The van der Waals surface area contributed by atoms with Gasteiger partial charge in [-0.25, -0.2) is 0 Å². The second-order valence-electron chi connectivity index (χ2n) is 3.95. The van der Waals surface area contributed by atoms with E-state index in [2.05, 4.69) is 4.98 Å². The molecule has 0 spiro atoms. The minimum atomic E-state index is -0.204. The molecule has 0 aliphatic rings. The number of aromatic hydroxyl groups is 2. The van der Waals surface area contributed by atoms with Crippen molar-refractivity contribution in [2.24, 2.45) is 0 Å². The Balaban J connectivity index is 2.96. The van der Waals surface area contributed by atoms with Crippen LogP contribution in [0.1, 0.15) is 11.1 Å². The van der Waals surface area contributed by atoms with Crippen LogP contribution in [0.5, 0.6) is 11.5 Å². The molecular weight excluding hydrogens is 276 g/mol. The summed E-state index contributed by atoms with van der Waals surface area (Å²) in [5.74, 6) is -0.385.